The average Bonchev–Trinajstić information content (AvgIpc) is 2.88. The number of likely N-dealkylation sites (N-methyl/N-ethyl adjacent to an activating group) is 1. The molecule has 0 spiro atoms. The van der Waals surface area contributed by atoms with Crippen molar-refractivity contribution in [3.05, 3.63) is 94.0 Å². The molecule has 1 saturated heterocycles. The van der Waals surface area contributed by atoms with Gasteiger partial charge in [-0.25, -0.2) is 0 Å². The highest BCUT2D eigenvalue weighted by Crippen LogP contribution is 2.33. The van der Waals surface area contributed by atoms with Crippen LogP contribution in [0.5, 0.6) is 0 Å². The maximum absolute atomic E-state index is 12.8. The van der Waals surface area contributed by atoms with Gasteiger partial charge >= 0.3 is 0 Å². The van der Waals surface area contributed by atoms with E-state index < -0.39 is 0 Å². The van der Waals surface area contributed by atoms with Crippen molar-refractivity contribution in [1.82, 2.24) is 9.80 Å². The van der Waals surface area contributed by atoms with E-state index in [-0.39, 0.29) is 5.91 Å². The summed E-state index contributed by atoms with van der Waals surface area (Å²) in [5.41, 5.74) is 9.74. The first-order valence-electron chi connectivity index (χ1n) is 12.8. The maximum atomic E-state index is 12.8. The van der Waals surface area contributed by atoms with Crippen molar-refractivity contribution in [1.29, 1.82) is 0 Å². The molecule has 4 nitrogen and oxygen atoms in total. The van der Waals surface area contributed by atoms with Crippen LogP contribution in [0.3, 0.4) is 0 Å². The predicted molar refractivity (Wildman–Crippen MR) is 151 cm³/mol. The first-order chi connectivity index (χ1) is 17.4. The SMILES string of the molecule is CC1=C(CN2CCN(C)CC2)CCc2cc(NC(=O)Cc3ccc(-c4ccc(Cl)cc4)cc3)ccc21. The number of benzene rings is 3. The van der Waals surface area contributed by atoms with Gasteiger partial charge in [0.2, 0.25) is 5.91 Å². The molecule has 5 heteroatoms. The summed E-state index contributed by atoms with van der Waals surface area (Å²) < 4.78 is 0. The number of fused-ring (bicyclic) bond motifs is 1. The molecule has 0 saturated carbocycles. The lowest BCUT2D eigenvalue weighted by atomic mass is 9.85. The minimum absolute atomic E-state index is 0.00743. The zero-order chi connectivity index (χ0) is 25.1. The number of halogens is 1. The van der Waals surface area contributed by atoms with Crippen molar-refractivity contribution in [2.45, 2.75) is 26.2 Å². The quantitative estimate of drug-likeness (QED) is 0.441. The molecule has 2 aliphatic rings. The Morgan fingerprint density at radius 2 is 1.56 bits per heavy atom. The molecule has 0 unspecified atom stereocenters. The van der Waals surface area contributed by atoms with E-state index in [1.54, 1.807) is 5.57 Å². The van der Waals surface area contributed by atoms with Crippen LogP contribution in [0, 0.1) is 0 Å². The van der Waals surface area contributed by atoms with Gasteiger partial charge in [-0.3, -0.25) is 9.69 Å². The molecule has 0 aromatic heterocycles. The first-order valence-corrected chi connectivity index (χ1v) is 13.2. The van der Waals surface area contributed by atoms with Crippen molar-refractivity contribution < 1.29 is 4.79 Å². The predicted octanol–water partition coefficient (Wildman–Crippen LogP) is 6.16. The van der Waals surface area contributed by atoms with Crippen LogP contribution in [-0.4, -0.2) is 55.5 Å². The maximum Gasteiger partial charge on any atom is 0.228 e. The van der Waals surface area contributed by atoms with Gasteiger partial charge in [-0.1, -0.05) is 59.6 Å². The second kappa shape index (κ2) is 11.0. The lowest BCUT2D eigenvalue weighted by Gasteiger charge is -2.34. The molecule has 1 amide bonds. The van der Waals surface area contributed by atoms with E-state index in [1.165, 1.54) is 16.7 Å². The third-order valence-corrected chi connectivity index (χ3v) is 7.78. The van der Waals surface area contributed by atoms with Crippen LogP contribution in [0.2, 0.25) is 5.02 Å². The van der Waals surface area contributed by atoms with Crippen LogP contribution in [0.15, 0.2) is 72.3 Å². The number of amides is 1. The molecule has 1 N–H and O–H groups in total. The van der Waals surface area contributed by atoms with Crippen molar-refractivity contribution >= 4 is 28.8 Å². The summed E-state index contributed by atoms with van der Waals surface area (Å²) in [6, 6.07) is 22.3. The smallest absolute Gasteiger partial charge is 0.228 e. The summed E-state index contributed by atoms with van der Waals surface area (Å²) in [6.07, 6.45) is 2.49. The van der Waals surface area contributed by atoms with Gasteiger partial charge in [-0.15, -0.1) is 0 Å². The molecule has 1 fully saturated rings. The van der Waals surface area contributed by atoms with Crippen molar-refractivity contribution in [3.63, 3.8) is 0 Å². The Balaban J connectivity index is 1.20. The Kier molecular flexibility index (Phi) is 7.56. The van der Waals surface area contributed by atoms with E-state index in [4.69, 9.17) is 11.6 Å². The van der Waals surface area contributed by atoms with E-state index in [2.05, 4.69) is 53.4 Å². The molecule has 0 bridgehead atoms. The van der Waals surface area contributed by atoms with E-state index in [9.17, 15) is 4.79 Å². The standard InChI is InChI=1S/C31H34ClN3O/c1-22-27(21-35-17-15-34(2)16-18-35)8-7-26-20-29(13-14-30(22)26)33-31(36)19-23-3-5-24(6-4-23)25-9-11-28(32)12-10-25/h3-6,9-14,20H,7-8,15-19,21H2,1-2H3,(H,33,36). The molecule has 0 radical (unpaired) electrons. The summed E-state index contributed by atoms with van der Waals surface area (Å²) in [6.45, 7) is 7.94. The zero-order valence-corrected chi connectivity index (χ0v) is 21.9. The largest absolute Gasteiger partial charge is 0.326 e. The Hall–Kier alpha value is -2.92. The number of allylic oxidation sites excluding steroid dienone is 1. The van der Waals surface area contributed by atoms with Crippen LogP contribution < -0.4 is 5.32 Å². The molecule has 186 valence electrons. The normalized spacial score (nSPS) is 16.6. The Labute approximate surface area is 219 Å². The van der Waals surface area contributed by atoms with Crippen LogP contribution >= 0.6 is 11.6 Å². The van der Waals surface area contributed by atoms with Crippen LogP contribution in [-0.2, 0) is 17.6 Å². The fraction of sp³-hybridized carbons (Fsp3) is 0.323. The third kappa shape index (κ3) is 5.89. The second-order valence-electron chi connectivity index (χ2n) is 10.1. The molecule has 1 aliphatic heterocycles. The van der Waals surface area contributed by atoms with Gasteiger partial charge in [0.15, 0.2) is 0 Å². The fourth-order valence-corrected chi connectivity index (χ4v) is 5.36. The van der Waals surface area contributed by atoms with E-state index in [1.807, 2.05) is 42.5 Å². The van der Waals surface area contributed by atoms with Gasteiger partial charge < -0.3 is 10.2 Å². The highest BCUT2D eigenvalue weighted by molar-refractivity contribution is 6.30. The molecule has 0 atom stereocenters. The number of nitrogens with one attached hydrogen (secondary N) is 1. The van der Waals surface area contributed by atoms with E-state index in [0.29, 0.717) is 6.42 Å². The summed E-state index contributed by atoms with van der Waals surface area (Å²) in [4.78, 5) is 17.7. The Morgan fingerprint density at radius 1 is 0.889 bits per heavy atom. The minimum atomic E-state index is 0.00743. The number of rotatable bonds is 6. The van der Waals surface area contributed by atoms with Gasteiger partial charge in [0, 0.05) is 43.4 Å². The van der Waals surface area contributed by atoms with Gasteiger partial charge in [-0.05, 0) is 84.5 Å². The lowest BCUT2D eigenvalue weighted by molar-refractivity contribution is -0.115. The topological polar surface area (TPSA) is 35.6 Å². The highest BCUT2D eigenvalue weighted by atomic mass is 35.5. The Bertz CT molecular complexity index is 1260. The number of hydrogen-bond acceptors (Lipinski definition) is 3. The van der Waals surface area contributed by atoms with Gasteiger partial charge in [0.05, 0.1) is 6.42 Å². The van der Waals surface area contributed by atoms with Crippen LogP contribution in [0.25, 0.3) is 16.7 Å². The summed E-state index contributed by atoms with van der Waals surface area (Å²) >= 11 is 5.99. The van der Waals surface area contributed by atoms with E-state index in [0.717, 1.165) is 73.0 Å². The van der Waals surface area contributed by atoms with Crippen molar-refractivity contribution in [3.8, 4) is 11.1 Å². The molecule has 5 rings (SSSR count). The van der Waals surface area contributed by atoms with Gasteiger partial charge in [-0.2, -0.15) is 0 Å². The van der Waals surface area contributed by atoms with Crippen molar-refractivity contribution in [2.75, 3.05) is 45.1 Å². The molecule has 36 heavy (non-hydrogen) atoms. The molecular formula is C31H34ClN3O. The summed E-state index contributed by atoms with van der Waals surface area (Å²) in [7, 11) is 2.20. The molecule has 1 heterocycles. The van der Waals surface area contributed by atoms with Gasteiger partial charge in [0.1, 0.15) is 0 Å². The molecule has 1 aliphatic carbocycles. The average molecular weight is 500 g/mol. The third-order valence-electron chi connectivity index (χ3n) is 7.53. The monoisotopic (exact) mass is 499 g/mol. The van der Waals surface area contributed by atoms with Crippen molar-refractivity contribution in [2.24, 2.45) is 0 Å². The summed E-state index contributed by atoms with van der Waals surface area (Å²) in [5, 5.41) is 3.83. The number of piperazine rings is 1. The lowest BCUT2D eigenvalue weighted by Crippen LogP contribution is -2.45. The highest BCUT2D eigenvalue weighted by Gasteiger charge is 2.21. The Morgan fingerprint density at radius 3 is 2.25 bits per heavy atom. The number of anilines is 1. The second-order valence-corrected chi connectivity index (χ2v) is 10.5. The molecule has 3 aromatic carbocycles. The zero-order valence-electron chi connectivity index (χ0n) is 21.2. The molecular weight excluding hydrogens is 466 g/mol. The van der Waals surface area contributed by atoms with Crippen LogP contribution in [0.1, 0.15) is 30.0 Å². The minimum Gasteiger partial charge on any atom is -0.326 e. The van der Waals surface area contributed by atoms with Crippen LogP contribution in [0.4, 0.5) is 5.69 Å². The number of carbonyl (C=O) groups is 1. The first kappa shape index (κ1) is 24.8. The summed E-state index contributed by atoms with van der Waals surface area (Å²) in [5.74, 6) is 0.00743. The van der Waals surface area contributed by atoms with Gasteiger partial charge in [0.25, 0.3) is 0 Å². The fourth-order valence-electron chi connectivity index (χ4n) is 5.23. The molecule has 3 aromatic rings. The number of carbonyl (C=O) groups excluding carboxylic acids is 1. The number of hydrogen-bond donors (Lipinski definition) is 1. The number of aryl methyl sites for hydroxylation is 1. The number of nitrogens with zero attached hydrogens (tertiary/aromatic N) is 2. The van der Waals surface area contributed by atoms with E-state index >= 15 is 0 Å².